The standard InChI is InChI=1S/C18H25N5O3S/c1-13(2)9-22-6-7-23(16-12-27(24,25)11-15(16)22)10-17-20-21-18(26-17)14-4-3-5-19-8-14/h3-5,8,13,15-16H,6-7,9-12H2,1-2H3/t15-,16+/m0/s1. The minimum absolute atomic E-state index is 0.0174. The molecule has 0 aromatic carbocycles. The van der Waals surface area contributed by atoms with Gasteiger partial charge in [0.15, 0.2) is 9.84 Å². The second-order valence-corrected chi connectivity index (χ2v) is 9.97. The fourth-order valence-electron chi connectivity index (χ4n) is 4.09. The molecule has 2 aliphatic rings. The van der Waals surface area contributed by atoms with Crippen molar-refractivity contribution < 1.29 is 12.8 Å². The fourth-order valence-corrected chi connectivity index (χ4v) is 6.13. The average Bonchev–Trinajstić information content (AvgIpc) is 3.21. The summed E-state index contributed by atoms with van der Waals surface area (Å²) >= 11 is 0. The summed E-state index contributed by atoms with van der Waals surface area (Å²) in [6.07, 6.45) is 3.37. The van der Waals surface area contributed by atoms with Crippen LogP contribution in [0.1, 0.15) is 19.7 Å². The van der Waals surface area contributed by atoms with E-state index in [1.165, 1.54) is 0 Å². The number of fused-ring (bicyclic) bond motifs is 1. The zero-order chi connectivity index (χ0) is 19.0. The van der Waals surface area contributed by atoms with E-state index in [4.69, 9.17) is 4.42 Å². The van der Waals surface area contributed by atoms with Crippen molar-refractivity contribution in [3.63, 3.8) is 0 Å². The van der Waals surface area contributed by atoms with E-state index in [0.717, 1.165) is 25.2 Å². The number of pyridine rings is 1. The first-order valence-corrected chi connectivity index (χ1v) is 11.1. The Morgan fingerprint density at radius 2 is 1.93 bits per heavy atom. The third-order valence-corrected chi connectivity index (χ3v) is 6.92. The van der Waals surface area contributed by atoms with Crippen LogP contribution in [0.25, 0.3) is 11.5 Å². The lowest BCUT2D eigenvalue weighted by Crippen LogP contribution is -2.59. The Balaban J connectivity index is 1.50. The SMILES string of the molecule is CC(C)CN1CCN(Cc2nnc(-c3cccnc3)o2)[C@@H]2CS(=O)(=O)C[C@@H]21. The van der Waals surface area contributed by atoms with Gasteiger partial charge in [-0.15, -0.1) is 10.2 Å². The summed E-state index contributed by atoms with van der Waals surface area (Å²) in [6, 6.07) is 3.72. The van der Waals surface area contributed by atoms with Gasteiger partial charge in [0.1, 0.15) is 0 Å². The summed E-state index contributed by atoms with van der Waals surface area (Å²) in [5.41, 5.74) is 0.777. The summed E-state index contributed by atoms with van der Waals surface area (Å²) in [5.74, 6) is 1.90. The Labute approximate surface area is 159 Å². The largest absolute Gasteiger partial charge is 0.419 e. The van der Waals surface area contributed by atoms with Crippen LogP contribution in [0.4, 0.5) is 0 Å². The Bertz CT molecular complexity index is 883. The number of sulfone groups is 1. The van der Waals surface area contributed by atoms with Gasteiger partial charge in [-0.25, -0.2) is 8.42 Å². The van der Waals surface area contributed by atoms with Crippen LogP contribution in [0.5, 0.6) is 0 Å². The second-order valence-electron chi connectivity index (χ2n) is 7.81. The molecule has 9 heteroatoms. The molecule has 27 heavy (non-hydrogen) atoms. The molecule has 2 fully saturated rings. The molecule has 0 bridgehead atoms. The molecule has 0 radical (unpaired) electrons. The van der Waals surface area contributed by atoms with Gasteiger partial charge in [0.05, 0.1) is 23.6 Å². The lowest BCUT2D eigenvalue weighted by molar-refractivity contribution is 0.0292. The van der Waals surface area contributed by atoms with Crippen molar-refractivity contribution >= 4 is 9.84 Å². The summed E-state index contributed by atoms with van der Waals surface area (Å²) in [5, 5.41) is 8.26. The lowest BCUT2D eigenvalue weighted by Gasteiger charge is -2.44. The molecule has 0 unspecified atom stereocenters. The maximum Gasteiger partial charge on any atom is 0.249 e. The summed E-state index contributed by atoms with van der Waals surface area (Å²) in [7, 11) is -3.02. The molecule has 4 heterocycles. The first kappa shape index (κ1) is 18.5. The highest BCUT2D eigenvalue weighted by Crippen LogP contribution is 2.29. The number of nitrogens with zero attached hydrogens (tertiary/aromatic N) is 5. The molecular weight excluding hydrogens is 366 g/mol. The second kappa shape index (κ2) is 7.29. The van der Waals surface area contributed by atoms with Crippen LogP contribution < -0.4 is 0 Å². The van der Waals surface area contributed by atoms with E-state index in [-0.39, 0.29) is 23.6 Å². The van der Waals surface area contributed by atoms with Crippen LogP contribution in [0.3, 0.4) is 0 Å². The number of hydrogen-bond donors (Lipinski definition) is 0. The van der Waals surface area contributed by atoms with Crippen LogP contribution in [-0.4, -0.2) is 76.6 Å². The van der Waals surface area contributed by atoms with Crippen molar-refractivity contribution in [2.45, 2.75) is 32.5 Å². The Morgan fingerprint density at radius 1 is 1.19 bits per heavy atom. The molecule has 8 nitrogen and oxygen atoms in total. The average molecular weight is 391 g/mol. The Hall–Kier alpha value is -1.84. The predicted molar refractivity (Wildman–Crippen MR) is 101 cm³/mol. The van der Waals surface area contributed by atoms with E-state index in [1.54, 1.807) is 12.4 Å². The van der Waals surface area contributed by atoms with Gasteiger partial charge in [-0.2, -0.15) is 0 Å². The van der Waals surface area contributed by atoms with Crippen LogP contribution in [-0.2, 0) is 16.4 Å². The van der Waals surface area contributed by atoms with Crippen LogP contribution in [0.2, 0.25) is 0 Å². The first-order chi connectivity index (χ1) is 12.9. The van der Waals surface area contributed by atoms with Gasteiger partial charge in [0.25, 0.3) is 0 Å². The molecule has 0 amide bonds. The molecule has 0 saturated carbocycles. The zero-order valence-corrected chi connectivity index (χ0v) is 16.5. The van der Waals surface area contributed by atoms with E-state index < -0.39 is 9.84 Å². The quantitative estimate of drug-likeness (QED) is 0.747. The van der Waals surface area contributed by atoms with Gasteiger partial charge in [-0.05, 0) is 18.1 Å². The van der Waals surface area contributed by atoms with Crippen molar-refractivity contribution in [2.75, 3.05) is 31.1 Å². The molecule has 2 aliphatic heterocycles. The minimum Gasteiger partial charge on any atom is -0.419 e. The van der Waals surface area contributed by atoms with Crippen molar-refractivity contribution in [2.24, 2.45) is 5.92 Å². The predicted octanol–water partition coefficient (Wildman–Crippen LogP) is 1.07. The summed E-state index contributed by atoms with van der Waals surface area (Å²) in [4.78, 5) is 8.59. The Kier molecular flexibility index (Phi) is 5.00. The first-order valence-electron chi connectivity index (χ1n) is 9.32. The molecule has 2 saturated heterocycles. The van der Waals surface area contributed by atoms with Crippen LogP contribution >= 0.6 is 0 Å². The molecule has 2 aromatic heterocycles. The maximum atomic E-state index is 12.3. The van der Waals surface area contributed by atoms with Crippen LogP contribution in [0.15, 0.2) is 28.9 Å². The van der Waals surface area contributed by atoms with Gasteiger partial charge in [-0.3, -0.25) is 14.8 Å². The van der Waals surface area contributed by atoms with Crippen molar-refractivity contribution in [3.05, 3.63) is 30.4 Å². The van der Waals surface area contributed by atoms with Gasteiger partial charge < -0.3 is 4.42 Å². The molecule has 0 N–H and O–H groups in total. The maximum absolute atomic E-state index is 12.3. The minimum atomic E-state index is -3.02. The van der Waals surface area contributed by atoms with Gasteiger partial charge in [-0.1, -0.05) is 13.8 Å². The third-order valence-electron chi connectivity index (χ3n) is 5.22. The third kappa shape index (κ3) is 4.04. The highest BCUT2D eigenvalue weighted by atomic mass is 32.2. The van der Waals surface area contributed by atoms with E-state index in [9.17, 15) is 8.42 Å². The number of hydrogen-bond acceptors (Lipinski definition) is 8. The van der Waals surface area contributed by atoms with Gasteiger partial charge in [0.2, 0.25) is 11.8 Å². The lowest BCUT2D eigenvalue weighted by atomic mass is 10.0. The molecule has 4 rings (SSSR count). The molecule has 0 aliphatic carbocycles. The molecule has 2 atom stereocenters. The van der Waals surface area contributed by atoms with Gasteiger partial charge in [0, 0.05) is 44.1 Å². The highest BCUT2D eigenvalue weighted by Gasteiger charge is 2.46. The van der Waals surface area contributed by atoms with E-state index >= 15 is 0 Å². The van der Waals surface area contributed by atoms with Crippen LogP contribution in [0, 0.1) is 5.92 Å². The highest BCUT2D eigenvalue weighted by molar-refractivity contribution is 7.91. The van der Waals surface area contributed by atoms with Crippen molar-refractivity contribution in [1.82, 2.24) is 25.0 Å². The van der Waals surface area contributed by atoms with E-state index in [1.807, 2.05) is 12.1 Å². The van der Waals surface area contributed by atoms with E-state index in [0.29, 0.717) is 24.2 Å². The van der Waals surface area contributed by atoms with Gasteiger partial charge >= 0.3 is 0 Å². The number of piperazine rings is 1. The molecule has 146 valence electrons. The van der Waals surface area contributed by atoms with E-state index in [2.05, 4.69) is 38.8 Å². The molecule has 2 aromatic rings. The fraction of sp³-hybridized carbons (Fsp3) is 0.611. The van der Waals surface area contributed by atoms with Crippen molar-refractivity contribution in [3.8, 4) is 11.5 Å². The smallest absolute Gasteiger partial charge is 0.249 e. The molecular formula is C18H25N5O3S. The topological polar surface area (TPSA) is 92.4 Å². The summed E-state index contributed by atoms with van der Waals surface area (Å²) in [6.45, 7) is 7.40. The molecule has 0 spiro atoms. The summed E-state index contributed by atoms with van der Waals surface area (Å²) < 4.78 is 30.4. The number of rotatable bonds is 5. The number of aromatic nitrogens is 3. The monoisotopic (exact) mass is 391 g/mol. The van der Waals surface area contributed by atoms with Crippen molar-refractivity contribution in [1.29, 1.82) is 0 Å². The zero-order valence-electron chi connectivity index (χ0n) is 15.7. The normalized spacial score (nSPS) is 25.7. The Morgan fingerprint density at radius 3 is 2.63 bits per heavy atom.